The van der Waals surface area contributed by atoms with Crippen LogP contribution in [0.15, 0.2) is 71.6 Å². The first-order chi connectivity index (χ1) is 18.5. The molecule has 8 nitrogen and oxygen atoms in total. The lowest BCUT2D eigenvalue weighted by molar-refractivity contribution is -0.139. The predicted molar refractivity (Wildman–Crippen MR) is 154 cm³/mol. The van der Waals surface area contributed by atoms with E-state index in [1.807, 2.05) is 0 Å². The molecule has 0 aliphatic rings. The van der Waals surface area contributed by atoms with Gasteiger partial charge < -0.3 is 15.0 Å². The minimum atomic E-state index is -4.23. The SMILES string of the molecule is CCNC(=O)[C@@H](C)N(Cc1ccc(Cl)c(Cl)c1)C(=O)CN(c1cccc(Cl)c1)S(=O)(=O)c1ccc(OC)cc1. The van der Waals surface area contributed by atoms with Crippen LogP contribution in [0.2, 0.25) is 15.1 Å². The van der Waals surface area contributed by atoms with Crippen molar-refractivity contribution in [3.63, 3.8) is 0 Å². The molecule has 3 aromatic rings. The van der Waals surface area contributed by atoms with E-state index in [1.54, 1.807) is 44.2 Å². The Morgan fingerprint density at radius 1 is 0.974 bits per heavy atom. The van der Waals surface area contributed by atoms with Gasteiger partial charge in [-0.3, -0.25) is 13.9 Å². The van der Waals surface area contributed by atoms with Crippen molar-refractivity contribution in [2.45, 2.75) is 31.3 Å². The van der Waals surface area contributed by atoms with E-state index in [4.69, 9.17) is 39.5 Å². The summed E-state index contributed by atoms with van der Waals surface area (Å²) in [6, 6.07) is 15.9. The molecular formula is C27H28Cl3N3O5S. The predicted octanol–water partition coefficient (Wildman–Crippen LogP) is 5.40. The third-order valence-corrected chi connectivity index (χ3v) is 8.64. The standard InChI is InChI=1S/C27H28Cl3N3O5S/c1-4-31-27(35)18(2)32(16-19-8-13-24(29)25(30)14-19)26(34)17-33(21-7-5-6-20(28)15-21)39(36,37)23-11-9-22(38-3)10-12-23/h5-15,18H,4,16-17H2,1-3H3,(H,31,35)/t18-/m1/s1. The number of benzene rings is 3. The van der Waals surface area contributed by atoms with Crippen molar-refractivity contribution >= 4 is 62.3 Å². The lowest BCUT2D eigenvalue weighted by Crippen LogP contribution is -2.51. The Bertz CT molecular complexity index is 1430. The van der Waals surface area contributed by atoms with Gasteiger partial charge in [0.15, 0.2) is 0 Å². The van der Waals surface area contributed by atoms with Gasteiger partial charge in [-0.25, -0.2) is 8.42 Å². The van der Waals surface area contributed by atoms with Gasteiger partial charge in [-0.05, 0) is 74.0 Å². The second-order valence-corrected chi connectivity index (χ2v) is 11.6. The number of halogens is 3. The summed E-state index contributed by atoms with van der Waals surface area (Å²) < 4.78 is 33.7. The van der Waals surface area contributed by atoms with Crippen molar-refractivity contribution in [2.75, 3.05) is 24.5 Å². The van der Waals surface area contributed by atoms with E-state index < -0.39 is 34.4 Å². The average Bonchev–Trinajstić information content (AvgIpc) is 2.91. The van der Waals surface area contributed by atoms with Gasteiger partial charge in [-0.1, -0.05) is 46.9 Å². The lowest BCUT2D eigenvalue weighted by atomic mass is 10.1. The van der Waals surface area contributed by atoms with Gasteiger partial charge in [0.2, 0.25) is 11.8 Å². The summed E-state index contributed by atoms with van der Waals surface area (Å²) in [6.45, 7) is 3.08. The quantitative estimate of drug-likeness (QED) is 0.313. The van der Waals surface area contributed by atoms with E-state index in [0.29, 0.717) is 27.9 Å². The number of likely N-dealkylation sites (N-methyl/N-ethyl adjacent to an activating group) is 1. The van der Waals surface area contributed by atoms with Gasteiger partial charge in [0.1, 0.15) is 18.3 Å². The summed E-state index contributed by atoms with van der Waals surface area (Å²) in [5.41, 5.74) is 0.799. The molecule has 208 valence electrons. The number of nitrogens with zero attached hydrogens (tertiary/aromatic N) is 2. The van der Waals surface area contributed by atoms with Crippen molar-refractivity contribution in [2.24, 2.45) is 0 Å². The summed E-state index contributed by atoms with van der Waals surface area (Å²) in [5, 5.41) is 3.62. The van der Waals surface area contributed by atoms with Crippen LogP contribution in [0.4, 0.5) is 5.69 Å². The van der Waals surface area contributed by atoms with Crippen LogP contribution in [0.1, 0.15) is 19.4 Å². The molecule has 0 bridgehead atoms. The number of ether oxygens (including phenoxy) is 1. The highest BCUT2D eigenvalue weighted by Crippen LogP contribution is 2.28. The van der Waals surface area contributed by atoms with E-state index in [-0.39, 0.29) is 22.2 Å². The van der Waals surface area contributed by atoms with Gasteiger partial charge >= 0.3 is 0 Å². The fraction of sp³-hybridized carbons (Fsp3) is 0.259. The lowest BCUT2D eigenvalue weighted by Gasteiger charge is -2.32. The minimum Gasteiger partial charge on any atom is -0.497 e. The van der Waals surface area contributed by atoms with Crippen LogP contribution in [0.25, 0.3) is 0 Å². The Kier molecular flexibility index (Phi) is 10.5. The smallest absolute Gasteiger partial charge is 0.264 e. The first-order valence-corrected chi connectivity index (χ1v) is 14.5. The molecule has 39 heavy (non-hydrogen) atoms. The molecule has 12 heteroatoms. The Balaban J connectivity index is 2.04. The van der Waals surface area contributed by atoms with E-state index in [2.05, 4.69) is 5.32 Å². The summed E-state index contributed by atoms with van der Waals surface area (Å²) in [4.78, 5) is 27.8. The summed E-state index contributed by atoms with van der Waals surface area (Å²) in [6.07, 6.45) is 0. The zero-order chi connectivity index (χ0) is 28.7. The molecule has 0 unspecified atom stereocenters. The fourth-order valence-corrected chi connectivity index (χ4v) is 5.69. The Morgan fingerprint density at radius 3 is 2.26 bits per heavy atom. The van der Waals surface area contributed by atoms with Crippen LogP contribution in [0.3, 0.4) is 0 Å². The summed E-state index contributed by atoms with van der Waals surface area (Å²) in [7, 11) is -2.76. The largest absolute Gasteiger partial charge is 0.497 e. The maximum absolute atomic E-state index is 13.8. The van der Waals surface area contributed by atoms with Crippen molar-refractivity contribution < 1.29 is 22.7 Å². The number of carbonyl (C=O) groups is 2. The monoisotopic (exact) mass is 611 g/mol. The van der Waals surface area contributed by atoms with Crippen molar-refractivity contribution in [3.05, 3.63) is 87.4 Å². The number of amides is 2. The Hall–Kier alpha value is -2.98. The van der Waals surface area contributed by atoms with E-state index >= 15 is 0 Å². The zero-order valence-electron chi connectivity index (χ0n) is 21.5. The van der Waals surface area contributed by atoms with Crippen LogP contribution < -0.4 is 14.4 Å². The van der Waals surface area contributed by atoms with Gasteiger partial charge in [0.05, 0.1) is 27.7 Å². The second kappa shape index (κ2) is 13.4. The average molecular weight is 613 g/mol. The van der Waals surface area contributed by atoms with Gasteiger partial charge in [-0.15, -0.1) is 0 Å². The molecule has 0 aliphatic heterocycles. The highest BCUT2D eigenvalue weighted by Gasteiger charge is 2.32. The number of hydrogen-bond acceptors (Lipinski definition) is 5. The maximum Gasteiger partial charge on any atom is 0.264 e. The molecule has 0 saturated carbocycles. The number of nitrogens with one attached hydrogen (secondary N) is 1. The molecule has 0 spiro atoms. The Morgan fingerprint density at radius 2 is 1.67 bits per heavy atom. The van der Waals surface area contributed by atoms with Crippen LogP contribution >= 0.6 is 34.8 Å². The number of sulfonamides is 1. The van der Waals surface area contributed by atoms with Crippen LogP contribution in [-0.2, 0) is 26.2 Å². The molecule has 0 saturated heterocycles. The molecule has 0 aliphatic carbocycles. The number of anilines is 1. The van der Waals surface area contributed by atoms with Crippen LogP contribution in [0, 0.1) is 0 Å². The van der Waals surface area contributed by atoms with Gasteiger partial charge in [0, 0.05) is 18.1 Å². The molecule has 0 radical (unpaired) electrons. The van der Waals surface area contributed by atoms with Crippen LogP contribution in [0.5, 0.6) is 5.75 Å². The Labute approximate surface area is 243 Å². The molecule has 1 atom stereocenters. The van der Waals surface area contributed by atoms with E-state index in [0.717, 1.165) is 4.31 Å². The number of methoxy groups -OCH3 is 1. The first kappa shape index (κ1) is 30.6. The normalized spacial score (nSPS) is 11.9. The molecule has 0 fully saturated rings. The highest BCUT2D eigenvalue weighted by atomic mass is 35.5. The van der Waals surface area contributed by atoms with E-state index in [9.17, 15) is 18.0 Å². The summed E-state index contributed by atoms with van der Waals surface area (Å²) in [5.74, 6) is -0.530. The van der Waals surface area contributed by atoms with Crippen molar-refractivity contribution in [1.29, 1.82) is 0 Å². The molecule has 1 N–H and O–H groups in total. The molecule has 2 amide bonds. The molecule has 3 aromatic carbocycles. The second-order valence-electron chi connectivity index (χ2n) is 8.51. The number of carbonyl (C=O) groups excluding carboxylic acids is 2. The fourth-order valence-electron chi connectivity index (χ4n) is 3.77. The zero-order valence-corrected chi connectivity index (χ0v) is 24.6. The molecular weight excluding hydrogens is 585 g/mol. The number of hydrogen-bond donors (Lipinski definition) is 1. The number of rotatable bonds is 11. The van der Waals surface area contributed by atoms with Gasteiger partial charge in [-0.2, -0.15) is 0 Å². The third-order valence-electron chi connectivity index (χ3n) is 5.88. The third kappa shape index (κ3) is 7.57. The minimum absolute atomic E-state index is 0.0139. The van der Waals surface area contributed by atoms with Crippen LogP contribution in [-0.4, -0.2) is 51.4 Å². The van der Waals surface area contributed by atoms with Crippen molar-refractivity contribution in [1.82, 2.24) is 10.2 Å². The topological polar surface area (TPSA) is 96.0 Å². The first-order valence-electron chi connectivity index (χ1n) is 11.9. The summed E-state index contributed by atoms with van der Waals surface area (Å²) >= 11 is 18.4. The molecule has 0 aromatic heterocycles. The van der Waals surface area contributed by atoms with Crippen molar-refractivity contribution in [3.8, 4) is 5.75 Å². The van der Waals surface area contributed by atoms with Gasteiger partial charge in [0.25, 0.3) is 10.0 Å². The maximum atomic E-state index is 13.8. The highest BCUT2D eigenvalue weighted by molar-refractivity contribution is 7.92. The molecule has 0 heterocycles. The molecule has 3 rings (SSSR count). The van der Waals surface area contributed by atoms with E-state index in [1.165, 1.54) is 48.4 Å².